The van der Waals surface area contributed by atoms with Crippen LogP contribution < -0.4 is 10.6 Å². The highest BCUT2D eigenvalue weighted by Gasteiger charge is 2.29. The minimum absolute atomic E-state index is 0.0154. The summed E-state index contributed by atoms with van der Waals surface area (Å²) < 4.78 is 5.62. The lowest BCUT2D eigenvalue weighted by atomic mass is 9.98. The molecule has 5 aromatic rings. The fourth-order valence-corrected chi connectivity index (χ4v) is 5.18. The van der Waals surface area contributed by atoms with Crippen LogP contribution in [-0.2, 0) is 20.9 Å². The summed E-state index contributed by atoms with van der Waals surface area (Å²) in [6, 6.07) is 23.3. The fourth-order valence-electron chi connectivity index (χ4n) is 5.18. The lowest BCUT2D eigenvalue weighted by Gasteiger charge is -2.14. The zero-order valence-electron chi connectivity index (χ0n) is 22.7. The van der Waals surface area contributed by atoms with Crippen LogP contribution in [-0.4, -0.2) is 44.3 Å². The third kappa shape index (κ3) is 5.73. The first-order valence-electron chi connectivity index (χ1n) is 13.7. The van der Waals surface area contributed by atoms with Gasteiger partial charge in [-0.3, -0.25) is 14.4 Å². The molecule has 0 fully saturated rings. The molecule has 0 atom stereocenters. The van der Waals surface area contributed by atoms with Gasteiger partial charge in [0.25, 0.3) is 5.91 Å². The van der Waals surface area contributed by atoms with E-state index in [-0.39, 0.29) is 43.2 Å². The molecule has 6 rings (SSSR count). The van der Waals surface area contributed by atoms with Gasteiger partial charge in [-0.1, -0.05) is 60.7 Å². The van der Waals surface area contributed by atoms with Gasteiger partial charge in [-0.15, -0.1) is 0 Å². The number of ether oxygens (including phenoxy) is 1. The topological polar surface area (TPSA) is 139 Å². The normalized spacial score (nSPS) is 12.0. The third-order valence-corrected chi connectivity index (χ3v) is 7.31. The molecule has 0 bridgehead atoms. The first-order valence-corrected chi connectivity index (χ1v) is 13.7. The van der Waals surface area contributed by atoms with Crippen LogP contribution in [0.5, 0.6) is 0 Å². The number of esters is 1. The minimum Gasteiger partial charge on any atom is -0.465 e. The number of fused-ring (bicyclic) bond motifs is 4. The van der Waals surface area contributed by atoms with Gasteiger partial charge in [0.05, 0.1) is 6.33 Å². The molecule has 0 saturated heterocycles. The Kier molecular flexibility index (Phi) is 7.67. The highest BCUT2D eigenvalue weighted by Crippen LogP contribution is 2.44. The largest absolute Gasteiger partial charge is 0.465 e. The number of aromatic amines is 1. The molecule has 1 aliphatic rings. The Bertz CT molecular complexity index is 1720. The van der Waals surface area contributed by atoms with E-state index >= 15 is 0 Å². The number of anilines is 1. The van der Waals surface area contributed by atoms with E-state index in [4.69, 9.17) is 4.74 Å². The monoisotopic (exact) mass is 560 g/mol. The van der Waals surface area contributed by atoms with Crippen LogP contribution in [0, 0.1) is 0 Å². The van der Waals surface area contributed by atoms with Gasteiger partial charge in [0.15, 0.2) is 17.0 Å². The number of H-pyrrole nitrogens is 1. The Morgan fingerprint density at radius 1 is 0.833 bits per heavy atom. The second-order valence-corrected chi connectivity index (χ2v) is 10.0. The standard InChI is InChI=1S/C32H28N6O4/c39-27(10-5-11-28(40)42-17-26-24-8-3-1-6-22(24)23-7-2-4-9-25(23)26)33-16-20-12-14-21(15-13-20)32(41)38-31-29-30(35-18-34-29)36-19-37-31/h1-4,6-9,12-15,18-19,26H,5,10-11,16-17H2,(H,33,39)(H2,34,35,36,37,38,41). The zero-order chi connectivity index (χ0) is 28.9. The summed E-state index contributed by atoms with van der Waals surface area (Å²) in [6.07, 6.45) is 3.61. The van der Waals surface area contributed by atoms with Crippen molar-refractivity contribution in [3.05, 3.63) is 108 Å². The number of nitrogens with zero attached hydrogens (tertiary/aromatic N) is 3. The molecule has 0 spiro atoms. The Balaban J connectivity index is 0.924. The number of aromatic nitrogens is 4. The Morgan fingerprint density at radius 3 is 2.29 bits per heavy atom. The summed E-state index contributed by atoms with van der Waals surface area (Å²) in [5.74, 6) is -0.465. The number of carbonyl (C=O) groups is 3. The molecule has 42 heavy (non-hydrogen) atoms. The minimum atomic E-state index is -0.332. The maximum atomic E-state index is 12.6. The van der Waals surface area contributed by atoms with E-state index in [1.54, 1.807) is 24.3 Å². The van der Waals surface area contributed by atoms with Crippen LogP contribution in [0.25, 0.3) is 22.3 Å². The van der Waals surface area contributed by atoms with E-state index in [1.807, 2.05) is 24.3 Å². The van der Waals surface area contributed by atoms with Crippen molar-refractivity contribution < 1.29 is 19.1 Å². The number of carbonyl (C=O) groups excluding carboxylic acids is 3. The van der Waals surface area contributed by atoms with Crippen LogP contribution in [0.3, 0.4) is 0 Å². The van der Waals surface area contributed by atoms with Crippen molar-refractivity contribution in [1.82, 2.24) is 25.3 Å². The maximum absolute atomic E-state index is 12.6. The van der Waals surface area contributed by atoms with Crippen LogP contribution in [0.15, 0.2) is 85.5 Å². The second-order valence-electron chi connectivity index (χ2n) is 10.0. The van der Waals surface area contributed by atoms with E-state index in [0.717, 1.165) is 5.56 Å². The van der Waals surface area contributed by atoms with E-state index in [0.29, 0.717) is 35.5 Å². The number of rotatable bonds is 10. The van der Waals surface area contributed by atoms with Crippen molar-refractivity contribution in [1.29, 1.82) is 0 Å². The van der Waals surface area contributed by atoms with Gasteiger partial charge >= 0.3 is 5.97 Å². The van der Waals surface area contributed by atoms with Crippen LogP contribution >= 0.6 is 0 Å². The predicted molar refractivity (Wildman–Crippen MR) is 156 cm³/mol. The maximum Gasteiger partial charge on any atom is 0.305 e. The third-order valence-electron chi connectivity index (χ3n) is 7.31. The molecule has 3 N–H and O–H groups in total. The zero-order valence-corrected chi connectivity index (χ0v) is 22.7. The van der Waals surface area contributed by atoms with Gasteiger partial charge in [0.2, 0.25) is 5.91 Å². The molecule has 210 valence electrons. The molecule has 10 nitrogen and oxygen atoms in total. The second kappa shape index (κ2) is 12.0. The molecule has 1 aliphatic carbocycles. The van der Waals surface area contributed by atoms with Gasteiger partial charge in [-0.25, -0.2) is 15.0 Å². The smallest absolute Gasteiger partial charge is 0.305 e. The van der Waals surface area contributed by atoms with Crippen LogP contribution in [0.4, 0.5) is 5.82 Å². The van der Waals surface area contributed by atoms with Crippen LogP contribution in [0.2, 0.25) is 0 Å². The van der Waals surface area contributed by atoms with E-state index in [1.165, 1.54) is 34.9 Å². The van der Waals surface area contributed by atoms with Crippen molar-refractivity contribution in [3.8, 4) is 11.1 Å². The summed E-state index contributed by atoms with van der Waals surface area (Å²) in [6.45, 7) is 0.588. The molecule has 0 saturated carbocycles. The summed E-state index contributed by atoms with van der Waals surface area (Å²) in [7, 11) is 0. The molecule has 2 amide bonds. The lowest BCUT2D eigenvalue weighted by Crippen LogP contribution is -2.23. The molecule has 2 heterocycles. The SMILES string of the molecule is O=C(CCCC(=O)OCC1c2ccccc2-c2ccccc21)NCc1ccc(C(=O)Nc2ncnc3[nH]cnc23)cc1. The Hall–Kier alpha value is -5.38. The number of imidazole rings is 1. The van der Waals surface area contributed by atoms with Gasteiger partial charge in [0.1, 0.15) is 12.9 Å². The molecule has 10 heteroatoms. The highest BCUT2D eigenvalue weighted by atomic mass is 16.5. The van der Waals surface area contributed by atoms with Crippen LogP contribution in [0.1, 0.15) is 52.2 Å². The van der Waals surface area contributed by atoms with Crippen molar-refractivity contribution >= 4 is 34.8 Å². The predicted octanol–water partition coefficient (Wildman–Crippen LogP) is 4.75. The van der Waals surface area contributed by atoms with E-state index < -0.39 is 0 Å². The van der Waals surface area contributed by atoms with Crippen molar-refractivity contribution in [2.24, 2.45) is 0 Å². The highest BCUT2D eigenvalue weighted by molar-refractivity contribution is 6.06. The van der Waals surface area contributed by atoms with Gasteiger partial charge in [0, 0.05) is 30.9 Å². The number of benzene rings is 3. The van der Waals surface area contributed by atoms with E-state index in [2.05, 4.69) is 54.8 Å². The molecular weight excluding hydrogens is 532 g/mol. The average Bonchev–Trinajstić information content (AvgIpc) is 3.63. The van der Waals surface area contributed by atoms with Gasteiger partial charge in [-0.2, -0.15) is 0 Å². The first-order chi connectivity index (χ1) is 20.6. The van der Waals surface area contributed by atoms with Gasteiger partial charge < -0.3 is 20.4 Å². The summed E-state index contributed by atoms with van der Waals surface area (Å²) in [5, 5.41) is 5.60. The van der Waals surface area contributed by atoms with E-state index in [9.17, 15) is 14.4 Å². The Labute approximate surface area is 241 Å². The number of hydrogen-bond donors (Lipinski definition) is 3. The fraction of sp³-hybridized carbons (Fsp3) is 0.188. The summed E-state index contributed by atoms with van der Waals surface area (Å²) in [5.41, 5.74) is 6.99. The quantitative estimate of drug-likeness (QED) is 0.210. The molecule has 0 aliphatic heterocycles. The summed E-state index contributed by atoms with van der Waals surface area (Å²) in [4.78, 5) is 52.6. The lowest BCUT2D eigenvalue weighted by molar-refractivity contribution is -0.144. The number of nitrogens with one attached hydrogen (secondary N) is 3. The average molecular weight is 561 g/mol. The van der Waals surface area contributed by atoms with Crippen molar-refractivity contribution in [2.75, 3.05) is 11.9 Å². The molecule has 0 unspecified atom stereocenters. The molecule has 2 aromatic heterocycles. The molecule has 3 aromatic carbocycles. The molecule has 0 radical (unpaired) electrons. The van der Waals surface area contributed by atoms with Crippen molar-refractivity contribution in [3.63, 3.8) is 0 Å². The number of amides is 2. The summed E-state index contributed by atoms with van der Waals surface area (Å²) >= 11 is 0. The van der Waals surface area contributed by atoms with Crippen molar-refractivity contribution in [2.45, 2.75) is 31.7 Å². The molecular formula is C32H28N6O4. The number of hydrogen-bond acceptors (Lipinski definition) is 7. The van der Waals surface area contributed by atoms with Gasteiger partial charge in [-0.05, 0) is 46.4 Å². The first kappa shape index (κ1) is 26.8. The Morgan fingerprint density at radius 2 is 1.55 bits per heavy atom.